The van der Waals surface area contributed by atoms with Crippen LogP contribution in [0.3, 0.4) is 0 Å². The van der Waals surface area contributed by atoms with Gasteiger partial charge in [0.15, 0.2) is 0 Å². The second-order valence-corrected chi connectivity index (χ2v) is 4.66. The highest BCUT2D eigenvalue weighted by atomic mass is 16.6. The predicted octanol–water partition coefficient (Wildman–Crippen LogP) is 2.66. The van der Waals surface area contributed by atoms with E-state index < -0.39 is 0 Å². The molecule has 2 aliphatic carbocycles. The van der Waals surface area contributed by atoms with Crippen molar-refractivity contribution in [1.29, 1.82) is 0 Å². The Hall–Kier alpha value is -0.300. The quantitative estimate of drug-likeness (QED) is 0.396. The zero-order valence-electron chi connectivity index (χ0n) is 7.68. The molecule has 0 aromatic rings. The van der Waals surface area contributed by atoms with Crippen LogP contribution in [0, 0.1) is 5.92 Å². The fourth-order valence-electron chi connectivity index (χ4n) is 3.34. The number of epoxide rings is 1. The van der Waals surface area contributed by atoms with Crippen LogP contribution in [0.15, 0.2) is 12.2 Å². The van der Waals surface area contributed by atoms with Gasteiger partial charge in [0.2, 0.25) is 0 Å². The molecule has 0 radical (unpaired) electrons. The van der Waals surface area contributed by atoms with Crippen LogP contribution in [0.1, 0.15) is 39.0 Å². The first kappa shape index (κ1) is 7.14. The minimum atomic E-state index is 0.292. The summed E-state index contributed by atoms with van der Waals surface area (Å²) in [4.78, 5) is 0. The fraction of sp³-hybridized carbons (Fsp3) is 0.818. The van der Waals surface area contributed by atoms with Gasteiger partial charge in [-0.25, -0.2) is 0 Å². The molecule has 1 aliphatic heterocycles. The molecule has 1 saturated carbocycles. The molecular formula is C11H16O. The molecule has 12 heavy (non-hydrogen) atoms. The summed E-state index contributed by atoms with van der Waals surface area (Å²) in [5.74, 6) is 0.788. The summed E-state index contributed by atoms with van der Waals surface area (Å²) in [6.07, 6.45) is 11.0. The van der Waals surface area contributed by atoms with Crippen LogP contribution < -0.4 is 0 Å². The third-order valence-electron chi connectivity index (χ3n) is 4.16. The van der Waals surface area contributed by atoms with Crippen molar-refractivity contribution in [3.63, 3.8) is 0 Å². The number of ether oxygens (including phenoxy) is 1. The summed E-state index contributed by atoms with van der Waals surface area (Å²) in [5, 5.41) is 0. The monoisotopic (exact) mass is 164 g/mol. The summed E-state index contributed by atoms with van der Waals surface area (Å²) >= 11 is 0. The number of hydrogen-bond acceptors (Lipinski definition) is 1. The van der Waals surface area contributed by atoms with Crippen molar-refractivity contribution in [2.45, 2.75) is 50.2 Å². The summed E-state index contributed by atoms with van der Waals surface area (Å²) in [6.45, 7) is 2.36. The molecule has 1 heterocycles. The van der Waals surface area contributed by atoms with Crippen LogP contribution in [0.2, 0.25) is 0 Å². The van der Waals surface area contributed by atoms with Gasteiger partial charge in [0.25, 0.3) is 0 Å². The Morgan fingerprint density at radius 2 is 2.17 bits per heavy atom. The summed E-state index contributed by atoms with van der Waals surface area (Å²) in [5.41, 5.74) is 0.597. The van der Waals surface area contributed by atoms with Crippen molar-refractivity contribution in [2.75, 3.05) is 0 Å². The number of hydrogen-bond donors (Lipinski definition) is 0. The second-order valence-electron chi connectivity index (χ2n) is 4.66. The van der Waals surface area contributed by atoms with Crippen LogP contribution in [0.25, 0.3) is 0 Å². The van der Waals surface area contributed by atoms with Crippen LogP contribution >= 0.6 is 0 Å². The molecule has 0 aromatic carbocycles. The molecule has 3 rings (SSSR count). The van der Waals surface area contributed by atoms with Crippen molar-refractivity contribution >= 4 is 0 Å². The first-order chi connectivity index (χ1) is 5.79. The van der Waals surface area contributed by atoms with Crippen molar-refractivity contribution < 1.29 is 4.74 Å². The van der Waals surface area contributed by atoms with Crippen molar-refractivity contribution in [2.24, 2.45) is 5.92 Å². The first-order valence-electron chi connectivity index (χ1n) is 5.14. The maximum absolute atomic E-state index is 6.06. The molecule has 0 amide bonds. The van der Waals surface area contributed by atoms with Crippen LogP contribution in [-0.4, -0.2) is 11.2 Å². The smallest absolute Gasteiger partial charge is 0.104 e. The Balaban J connectivity index is 1.98. The lowest BCUT2D eigenvalue weighted by Crippen LogP contribution is -2.37. The topological polar surface area (TPSA) is 12.5 Å². The maximum atomic E-state index is 6.06. The lowest BCUT2D eigenvalue weighted by Gasteiger charge is -2.31. The standard InChI is InChI=1S/C11H16O/c1-9-5-4-7-10-6-2-3-8-11(9,10)12-10/h2-3,9H,4-8H2,1H3/t9-,10+,11-/m0/s1. The molecule has 0 bridgehead atoms. The van der Waals surface area contributed by atoms with E-state index in [0.717, 1.165) is 5.92 Å². The lowest BCUT2D eigenvalue weighted by atomic mass is 9.68. The van der Waals surface area contributed by atoms with E-state index in [2.05, 4.69) is 19.1 Å². The van der Waals surface area contributed by atoms with Gasteiger partial charge in [0.1, 0.15) is 11.2 Å². The van der Waals surface area contributed by atoms with Gasteiger partial charge in [0, 0.05) is 0 Å². The van der Waals surface area contributed by atoms with Gasteiger partial charge in [0.05, 0.1) is 0 Å². The first-order valence-corrected chi connectivity index (χ1v) is 5.14. The van der Waals surface area contributed by atoms with Crippen LogP contribution in [0.5, 0.6) is 0 Å². The third-order valence-corrected chi connectivity index (χ3v) is 4.16. The van der Waals surface area contributed by atoms with Gasteiger partial charge in [-0.05, 0) is 31.6 Å². The second kappa shape index (κ2) is 1.95. The van der Waals surface area contributed by atoms with Gasteiger partial charge in [-0.1, -0.05) is 25.5 Å². The van der Waals surface area contributed by atoms with Gasteiger partial charge >= 0.3 is 0 Å². The molecule has 0 N–H and O–H groups in total. The Morgan fingerprint density at radius 1 is 1.33 bits per heavy atom. The molecule has 0 spiro atoms. The highest BCUT2D eigenvalue weighted by Crippen LogP contribution is 2.65. The van der Waals surface area contributed by atoms with E-state index >= 15 is 0 Å². The average molecular weight is 164 g/mol. The van der Waals surface area contributed by atoms with Crippen molar-refractivity contribution in [3.8, 4) is 0 Å². The Morgan fingerprint density at radius 3 is 3.00 bits per heavy atom. The largest absolute Gasteiger partial charge is 0.362 e. The van der Waals surface area contributed by atoms with Crippen LogP contribution in [-0.2, 0) is 4.74 Å². The summed E-state index contributed by atoms with van der Waals surface area (Å²) in [6, 6.07) is 0. The highest BCUT2D eigenvalue weighted by molar-refractivity contribution is 5.27. The van der Waals surface area contributed by atoms with E-state index in [4.69, 9.17) is 4.74 Å². The van der Waals surface area contributed by atoms with Gasteiger partial charge in [-0.15, -0.1) is 0 Å². The summed E-state index contributed by atoms with van der Waals surface area (Å²) in [7, 11) is 0. The average Bonchev–Trinajstić information content (AvgIpc) is 2.75. The van der Waals surface area contributed by atoms with E-state index in [1.165, 1.54) is 32.1 Å². The van der Waals surface area contributed by atoms with E-state index in [-0.39, 0.29) is 0 Å². The van der Waals surface area contributed by atoms with Gasteiger partial charge < -0.3 is 4.74 Å². The minimum absolute atomic E-state index is 0.292. The Bertz CT molecular complexity index is 245. The lowest BCUT2D eigenvalue weighted by molar-refractivity contribution is 0.223. The van der Waals surface area contributed by atoms with E-state index in [1.54, 1.807) is 0 Å². The fourth-order valence-corrected chi connectivity index (χ4v) is 3.34. The van der Waals surface area contributed by atoms with Crippen molar-refractivity contribution in [1.82, 2.24) is 0 Å². The molecule has 2 fully saturated rings. The van der Waals surface area contributed by atoms with Crippen LogP contribution in [0.4, 0.5) is 0 Å². The predicted molar refractivity (Wildman–Crippen MR) is 47.9 cm³/mol. The third kappa shape index (κ3) is 0.610. The maximum Gasteiger partial charge on any atom is 0.104 e. The molecule has 3 aliphatic rings. The van der Waals surface area contributed by atoms with Gasteiger partial charge in [-0.2, -0.15) is 0 Å². The van der Waals surface area contributed by atoms with E-state index in [0.29, 0.717) is 11.2 Å². The van der Waals surface area contributed by atoms with Gasteiger partial charge in [-0.3, -0.25) is 0 Å². The minimum Gasteiger partial charge on any atom is -0.362 e. The molecule has 1 heteroatoms. The SMILES string of the molecule is C[C@H]1CCC[C@]23CC=CC[C@]12O3. The number of rotatable bonds is 0. The molecule has 3 atom stereocenters. The molecular weight excluding hydrogens is 148 g/mol. The van der Waals surface area contributed by atoms with Crippen molar-refractivity contribution in [3.05, 3.63) is 12.2 Å². The Kier molecular flexibility index (Phi) is 1.16. The normalized spacial score (nSPS) is 55.9. The van der Waals surface area contributed by atoms with E-state index in [1.807, 2.05) is 0 Å². The van der Waals surface area contributed by atoms with E-state index in [9.17, 15) is 0 Å². The highest BCUT2D eigenvalue weighted by Gasteiger charge is 2.72. The molecule has 1 nitrogen and oxygen atoms in total. The zero-order chi connectivity index (χ0) is 8.23. The molecule has 1 saturated heterocycles. The molecule has 66 valence electrons. The molecule has 0 aromatic heterocycles. The summed E-state index contributed by atoms with van der Waals surface area (Å²) < 4.78 is 6.06. The Labute approximate surface area is 73.8 Å². The molecule has 0 unspecified atom stereocenters. The zero-order valence-corrected chi connectivity index (χ0v) is 7.68.